The predicted octanol–water partition coefficient (Wildman–Crippen LogP) is 2.18. The number of para-hydroxylation sites is 2. The molecule has 0 unspecified atom stereocenters. The Bertz CT molecular complexity index is 697. The fourth-order valence-corrected chi connectivity index (χ4v) is 3.30. The molecule has 5 nitrogen and oxygen atoms in total. The molecule has 2 aromatic rings. The van der Waals surface area contributed by atoms with Gasteiger partial charge >= 0.3 is 0 Å². The molecule has 1 amide bonds. The Morgan fingerprint density at radius 3 is 2.42 bits per heavy atom. The maximum atomic E-state index is 12.0. The second kappa shape index (κ2) is 9.25. The Labute approximate surface area is 155 Å². The molecule has 1 saturated heterocycles. The van der Waals surface area contributed by atoms with Crippen LogP contribution in [-0.2, 0) is 11.2 Å². The zero-order chi connectivity index (χ0) is 18.2. The summed E-state index contributed by atoms with van der Waals surface area (Å²) in [5.74, 6) is 1.01. The SMILES string of the molecule is COc1ccccc1N1CCN(CCNC(=O)Cc2ccccc2)CC1. The van der Waals surface area contributed by atoms with Gasteiger partial charge in [-0.2, -0.15) is 0 Å². The molecule has 0 spiro atoms. The van der Waals surface area contributed by atoms with Crippen LogP contribution in [0.4, 0.5) is 5.69 Å². The monoisotopic (exact) mass is 353 g/mol. The van der Waals surface area contributed by atoms with Crippen molar-refractivity contribution in [3.8, 4) is 5.75 Å². The van der Waals surface area contributed by atoms with Crippen LogP contribution in [-0.4, -0.2) is 57.2 Å². The van der Waals surface area contributed by atoms with E-state index < -0.39 is 0 Å². The summed E-state index contributed by atoms with van der Waals surface area (Å²) in [7, 11) is 1.72. The van der Waals surface area contributed by atoms with Crippen LogP contribution in [0.2, 0.25) is 0 Å². The molecule has 1 aliphatic rings. The number of nitrogens with zero attached hydrogens (tertiary/aromatic N) is 2. The minimum Gasteiger partial charge on any atom is -0.495 e. The number of amides is 1. The van der Waals surface area contributed by atoms with E-state index in [1.807, 2.05) is 48.5 Å². The van der Waals surface area contributed by atoms with Gasteiger partial charge < -0.3 is 15.0 Å². The molecular weight excluding hydrogens is 326 g/mol. The highest BCUT2D eigenvalue weighted by Crippen LogP contribution is 2.28. The first-order valence-electron chi connectivity index (χ1n) is 9.17. The number of nitrogens with one attached hydrogen (secondary N) is 1. The third-order valence-corrected chi connectivity index (χ3v) is 4.76. The number of methoxy groups -OCH3 is 1. The van der Waals surface area contributed by atoms with Gasteiger partial charge in [0.25, 0.3) is 0 Å². The number of benzene rings is 2. The smallest absolute Gasteiger partial charge is 0.224 e. The van der Waals surface area contributed by atoms with Gasteiger partial charge in [-0.3, -0.25) is 9.69 Å². The maximum Gasteiger partial charge on any atom is 0.224 e. The molecule has 1 fully saturated rings. The van der Waals surface area contributed by atoms with Crippen LogP contribution >= 0.6 is 0 Å². The van der Waals surface area contributed by atoms with Crippen LogP contribution < -0.4 is 15.0 Å². The molecule has 0 atom stereocenters. The molecule has 1 aliphatic heterocycles. The summed E-state index contributed by atoms with van der Waals surface area (Å²) >= 11 is 0. The third kappa shape index (κ3) is 4.99. The molecule has 3 rings (SSSR count). The fourth-order valence-electron chi connectivity index (χ4n) is 3.30. The molecular formula is C21H27N3O2. The van der Waals surface area contributed by atoms with Gasteiger partial charge in [0.2, 0.25) is 5.91 Å². The molecule has 0 aromatic heterocycles. The molecule has 26 heavy (non-hydrogen) atoms. The van der Waals surface area contributed by atoms with Crippen molar-refractivity contribution >= 4 is 11.6 Å². The molecule has 2 aromatic carbocycles. The summed E-state index contributed by atoms with van der Waals surface area (Å²) in [6, 6.07) is 18.0. The van der Waals surface area contributed by atoms with E-state index in [1.165, 1.54) is 0 Å². The molecule has 0 aliphatic carbocycles. The summed E-state index contributed by atoms with van der Waals surface area (Å²) < 4.78 is 5.46. The van der Waals surface area contributed by atoms with Gasteiger partial charge in [-0.25, -0.2) is 0 Å². The van der Waals surface area contributed by atoms with Crippen LogP contribution in [0.25, 0.3) is 0 Å². The van der Waals surface area contributed by atoms with E-state index >= 15 is 0 Å². The van der Waals surface area contributed by atoms with Crippen LogP contribution in [0.3, 0.4) is 0 Å². The van der Waals surface area contributed by atoms with E-state index in [4.69, 9.17) is 4.74 Å². The minimum absolute atomic E-state index is 0.0869. The summed E-state index contributed by atoms with van der Waals surface area (Å²) in [6.45, 7) is 5.51. The highest BCUT2D eigenvalue weighted by molar-refractivity contribution is 5.78. The van der Waals surface area contributed by atoms with Gasteiger partial charge in [-0.05, 0) is 17.7 Å². The Hall–Kier alpha value is -2.53. The Morgan fingerprint density at radius 2 is 1.69 bits per heavy atom. The van der Waals surface area contributed by atoms with Crippen molar-refractivity contribution in [1.82, 2.24) is 10.2 Å². The van der Waals surface area contributed by atoms with Crippen molar-refractivity contribution in [2.75, 3.05) is 51.3 Å². The number of piperazine rings is 1. The summed E-state index contributed by atoms with van der Waals surface area (Å²) in [6.07, 6.45) is 0.447. The van der Waals surface area contributed by atoms with Gasteiger partial charge in [0.15, 0.2) is 0 Å². The third-order valence-electron chi connectivity index (χ3n) is 4.76. The molecule has 5 heteroatoms. The quantitative estimate of drug-likeness (QED) is 0.829. The van der Waals surface area contributed by atoms with Crippen LogP contribution in [0.15, 0.2) is 54.6 Å². The van der Waals surface area contributed by atoms with Crippen LogP contribution in [0, 0.1) is 0 Å². The predicted molar refractivity (Wildman–Crippen MR) is 105 cm³/mol. The number of carbonyl (C=O) groups excluding carboxylic acids is 1. The van der Waals surface area contributed by atoms with E-state index in [0.29, 0.717) is 13.0 Å². The molecule has 1 heterocycles. The van der Waals surface area contributed by atoms with Gasteiger partial charge in [0.05, 0.1) is 19.2 Å². The van der Waals surface area contributed by atoms with E-state index in [9.17, 15) is 4.79 Å². The lowest BCUT2D eigenvalue weighted by atomic mass is 10.1. The van der Waals surface area contributed by atoms with E-state index in [2.05, 4.69) is 21.2 Å². The van der Waals surface area contributed by atoms with Gasteiger partial charge in [0, 0.05) is 39.3 Å². The van der Waals surface area contributed by atoms with E-state index in [-0.39, 0.29) is 5.91 Å². The number of hydrogen-bond donors (Lipinski definition) is 1. The normalized spacial score (nSPS) is 14.9. The van der Waals surface area contributed by atoms with E-state index in [0.717, 1.165) is 49.7 Å². The summed E-state index contributed by atoms with van der Waals surface area (Å²) in [5.41, 5.74) is 2.21. The second-order valence-electron chi connectivity index (χ2n) is 6.51. The van der Waals surface area contributed by atoms with Crippen molar-refractivity contribution in [2.45, 2.75) is 6.42 Å². The molecule has 0 radical (unpaired) electrons. The molecule has 138 valence electrons. The van der Waals surface area contributed by atoms with Crippen molar-refractivity contribution in [3.05, 3.63) is 60.2 Å². The Balaban J connectivity index is 1.38. The molecule has 0 saturated carbocycles. The van der Waals surface area contributed by atoms with Crippen molar-refractivity contribution < 1.29 is 9.53 Å². The minimum atomic E-state index is 0.0869. The van der Waals surface area contributed by atoms with Gasteiger partial charge in [0.1, 0.15) is 5.75 Å². The first-order valence-corrected chi connectivity index (χ1v) is 9.17. The highest BCUT2D eigenvalue weighted by Gasteiger charge is 2.19. The van der Waals surface area contributed by atoms with Crippen LogP contribution in [0.5, 0.6) is 5.75 Å². The lowest BCUT2D eigenvalue weighted by molar-refractivity contribution is -0.120. The summed E-state index contributed by atoms with van der Waals surface area (Å²) in [5, 5.41) is 3.03. The molecule has 1 N–H and O–H groups in total. The largest absolute Gasteiger partial charge is 0.495 e. The zero-order valence-corrected chi connectivity index (χ0v) is 15.4. The molecule has 0 bridgehead atoms. The van der Waals surface area contributed by atoms with Crippen molar-refractivity contribution in [1.29, 1.82) is 0 Å². The first-order chi connectivity index (χ1) is 12.8. The van der Waals surface area contributed by atoms with Gasteiger partial charge in [-0.15, -0.1) is 0 Å². The number of hydrogen-bond acceptors (Lipinski definition) is 4. The average molecular weight is 353 g/mol. The van der Waals surface area contributed by atoms with Gasteiger partial charge in [-0.1, -0.05) is 42.5 Å². The number of ether oxygens (including phenoxy) is 1. The second-order valence-corrected chi connectivity index (χ2v) is 6.51. The average Bonchev–Trinajstić information content (AvgIpc) is 2.69. The first kappa shape index (κ1) is 18.3. The van der Waals surface area contributed by atoms with E-state index in [1.54, 1.807) is 7.11 Å². The summed E-state index contributed by atoms with van der Waals surface area (Å²) in [4.78, 5) is 16.8. The Kier molecular flexibility index (Phi) is 6.50. The fraction of sp³-hybridized carbons (Fsp3) is 0.381. The maximum absolute atomic E-state index is 12.0. The van der Waals surface area contributed by atoms with Crippen molar-refractivity contribution in [3.63, 3.8) is 0 Å². The standard InChI is InChI=1S/C21H27N3O2/c1-26-20-10-6-5-9-19(20)24-15-13-23(14-16-24)12-11-22-21(25)17-18-7-3-2-4-8-18/h2-10H,11-17H2,1H3,(H,22,25). The van der Waals surface area contributed by atoms with Crippen LogP contribution in [0.1, 0.15) is 5.56 Å². The Morgan fingerprint density at radius 1 is 1.00 bits per heavy atom. The zero-order valence-electron chi connectivity index (χ0n) is 15.4. The number of anilines is 1. The lowest BCUT2D eigenvalue weighted by Gasteiger charge is -2.36. The van der Waals surface area contributed by atoms with Crippen molar-refractivity contribution in [2.24, 2.45) is 0 Å². The topological polar surface area (TPSA) is 44.8 Å². The highest BCUT2D eigenvalue weighted by atomic mass is 16.5. The number of carbonyl (C=O) groups is 1. The number of rotatable bonds is 7. The lowest BCUT2D eigenvalue weighted by Crippen LogP contribution is -2.48.